The van der Waals surface area contributed by atoms with E-state index in [9.17, 15) is 18.3 Å². The Kier molecular flexibility index (Phi) is 6.09. The third-order valence-electron chi connectivity index (χ3n) is 4.30. The maximum Gasteiger partial charge on any atom is 0.451 e. The van der Waals surface area contributed by atoms with Gasteiger partial charge in [0.1, 0.15) is 5.75 Å². The number of nitrogens with zero attached hydrogens (tertiary/aromatic N) is 2. The molecular weight excluding hydrogens is 367 g/mol. The van der Waals surface area contributed by atoms with Gasteiger partial charge in [-0.2, -0.15) is 13.2 Å². The first kappa shape index (κ1) is 22.1. The normalized spacial score (nSPS) is 13.0. The quantitative estimate of drug-likeness (QED) is 0.757. The molecule has 0 atom stereocenters. The van der Waals surface area contributed by atoms with Crippen LogP contribution in [0.15, 0.2) is 24.5 Å². The van der Waals surface area contributed by atoms with Crippen molar-refractivity contribution < 1.29 is 18.3 Å². The maximum absolute atomic E-state index is 12.7. The van der Waals surface area contributed by atoms with E-state index in [2.05, 4.69) is 56.8 Å². The summed E-state index contributed by atoms with van der Waals surface area (Å²) in [4.78, 5) is 6.80. The summed E-state index contributed by atoms with van der Waals surface area (Å²) < 4.78 is 38.1. The minimum Gasteiger partial charge on any atom is -0.507 e. The van der Waals surface area contributed by atoms with Gasteiger partial charge in [0.15, 0.2) is 0 Å². The van der Waals surface area contributed by atoms with Crippen molar-refractivity contribution >= 4 is 0 Å². The zero-order chi connectivity index (χ0) is 21.3. The third kappa shape index (κ3) is 5.67. The van der Waals surface area contributed by atoms with E-state index in [1.54, 1.807) is 6.07 Å². The number of aromatic hydroxyl groups is 1. The monoisotopic (exact) mass is 395 g/mol. The average Bonchev–Trinajstić information content (AvgIpc) is 2.52. The van der Waals surface area contributed by atoms with Gasteiger partial charge in [-0.05, 0) is 62.4 Å². The molecule has 154 valence electrons. The van der Waals surface area contributed by atoms with Crippen molar-refractivity contribution in [2.45, 2.75) is 65.1 Å². The molecule has 1 heterocycles. The summed E-state index contributed by atoms with van der Waals surface area (Å²) in [6.45, 7) is 13.2. The molecular formula is C21H28F3N3O. The van der Waals surface area contributed by atoms with Gasteiger partial charge in [0.2, 0.25) is 5.82 Å². The summed E-state index contributed by atoms with van der Waals surface area (Å²) in [6, 6.07) is 3.52. The lowest BCUT2D eigenvalue weighted by Crippen LogP contribution is -2.37. The summed E-state index contributed by atoms with van der Waals surface area (Å²) in [5, 5.41) is 14.0. The molecule has 0 amide bonds. The van der Waals surface area contributed by atoms with Crippen molar-refractivity contribution in [3.63, 3.8) is 0 Å². The number of aromatic nitrogens is 2. The molecule has 28 heavy (non-hydrogen) atoms. The summed E-state index contributed by atoms with van der Waals surface area (Å²) in [5.74, 6) is -1.20. The molecule has 1 aromatic carbocycles. The van der Waals surface area contributed by atoms with Crippen molar-refractivity contribution in [2.75, 3.05) is 6.54 Å². The van der Waals surface area contributed by atoms with Gasteiger partial charge in [-0.1, -0.05) is 20.8 Å². The Hall–Kier alpha value is -2.15. The van der Waals surface area contributed by atoms with Gasteiger partial charge in [-0.25, -0.2) is 9.97 Å². The highest BCUT2D eigenvalue weighted by molar-refractivity contribution is 5.71. The molecule has 0 saturated carbocycles. The second-order valence-electron chi connectivity index (χ2n) is 9.00. The van der Waals surface area contributed by atoms with Crippen molar-refractivity contribution in [3.05, 3.63) is 41.5 Å². The highest BCUT2D eigenvalue weighted by Gasteiger charge is 2.34. The lowest BCUT2D eigenvalue weighted by Gasteiger charge is -2.26. The van der Waals surface area contributed by atoms with Crippen molar-refractivity contribution in [1.82, 2.24) is 15.3 Å². The van der Waals surface area contributed by atoms with Crippen LogP contribution in [0.2, 0.25) is 0 Å². The number of alkyl halides is 3. The minimum absolute atomic E-state index is 0.00196. The molecule has 0 aliphatic carbocycles. The van der Waals surface area contributed by atoms with Gasteiger partial charge in [0, 0.05) is 29.1 Å². The highest BCUT2D eigenvalue weighted by Crippen LogP contribution is 2.37. The molecule has 0 bridgehead atoms. The Morgan fingerprint density at radius 2 is 1.54 bits per heavy atom. The Bertz CT molecular complexity index is 817. The van der Waals surface area contributed by atoms with Crippen LogP contribution in [0.3, 0.4) is 0 Å². The van der Waals surface area contributed by atoms with Gasteiger partial charge in [-0.15, -0.1) is 0 Å². The number of halogens is 3. The van der Waals surface area contributed by atoms with Gasteiger partial charge in [-0.3, -0.25) is 0 Å². The van der Waals surface area contributed by atoms with Crippen molar-refractivity contribution in [1.29, 1.82) is 0 Å². The number of rotatable bonds is 4. The van der Waals surface area contributed by atoms with Crippen LogP contribution in [-0.2, 0) is 18.0 Å². The molecule has 4 nitrogen and oxygen atoms in total. The van der Waals surface area contributed by atoms with Crippen LogP contribution in [0.25, 0.3) is 11.1 Å². The Morgan fingerprint density at radius 1 is 0.964 bits per heavy atom. The van der Waals surface area contributed by atoms with E-state index >= 15 is 0 Å². The van der Waals surface area contributed by atoms with Gasteiger partial charge in [0.25, 0.3) is 0 Å². The average molecular weight is 395 g/mol. The largest absolute Gasteiger partial charge is 0.507 e. The molecule has 0 aliphatic heterocycles. The highest BCUT2D eigenvalue weighted by atomic mass is 19.4. The summed E-state index contributed by atoms with van der Waals surface area (Å²) in [7, 11) is 0. The zero-order valence-corrected chi connectivity index (χ0v) is 17.2. The van der Waals surface area contributed by atoms with Crippen LogP contribution < -0.4 is 5.32 Å². The second kappa shape index (κ2) is 7.70. The molecule has 2 N–H and O–H groups in total. The number of nitrogens with one attached hydrogen (secondary N) is 1. The van der Waals surface area contributed by atoms with E-state index in [0.717, 1.165) is 36.5 Å². The van der Waals surface area contributed by atoms with E-state index < -0.39 is 12.0 Å². The predicted octanol–water partition coefficient (Wildman–Crippen LogP) is 5.10. The molecule has 0 spiro atoms. The van der Waals surface area contributed by atoms with Crippen molar-refractivity contribution in [2.24, 2.45) is 0 Å². The summed E-state index contributed by atoms with van der Waals surface area (Å²) in [5.41, 5.74) is 2.57. The van der Waals surface area contributed by atoms with E-state index in [1.165, 1.54) is 0 Å². The Labute approximate surface area is 164 Å². The number of phenolic OH excluding ortho intramolecular Hbond substituents is 1. The fourth-order valence-corrected chi connectivity index (χ4v) is 2.95. The molecule has 0 unspecified atom stereocenters. The number of hydrogen-bond donors (Lipinski definition) is 2. The van der Waals surface area contributed by atoms with E-state index in [1.807, 2.05) is 6.07 Å². The third-order valence-corrected chi connectivity index (χ3v) is 4.30. The van der Waals surface area contributed by atoms with E-state index in [-0.39, 0.29) is 16.7 Å². The molecule has 7 heteroatoms. The smallest absolute Gasteiger partial charge is 0.451 e. The molecule has 0 aliphatic rings. The molecule has 1 aromatic heterocycles. The van der Waals surface area contributed by atoms with Crippen LogP contribution >= 0.6 is 0 Å². The molecule has 2 aromatic rings. The van der Waals surface area contributed by atoms with Crippen LogP contribution in [0.1, 0.15) is 58.5 Å². The zero-order valence-electron chi connectivity index (χ0n) is 17.2. The second-order valence-corrected chi connectivity index (χ2v) is 9.00. The Balaban J connectivity index is 2.42. The first-order valence-electron chi connectivity index (χ1n) is 9.19. The summed E-state index contributed by atoms with van der Waals surface area (Å²) in [6.07, 6.45) is -1.68. The predicted molar refractivity (Wildman–Crippen MR) is 104 cm³/mol. The van der Waals surface area contributed by atoms with E-state index in [4.69, 9.17) is 0 Å². The van der Waals surface area contributed by atoms with Gasteiger partial charge < -0.3 is 10.4 Å². The fourth-order valence-electron chi connectivity index (χ4n) is 2.95. The first-order chi connectivity index (χ1) is 12.7. The SMILES string of the molecule is CC(C)(C)NCCc1cc(O)c(-c2cnc(C(F)(F)F)nc2)cc1C(C)(C)C. The summed E-state index contributed by atoms with van der Waals surface area (Å²) >= 11 is 0. The van der Waals surface area contributed by atoms with E-state index in [0.29, 0.717) is 11.1 Å². The number of benzene rings is 1. The van der Waals surface area contributed by atoms with Crippen LogP contribution in [0, 0.1) is 0 Å². The van der Waals surface area contributed by atoms with Crippen LogP contribution in [-0.4, -0.2) is 27.2 Å². The van der Waals surface area contributed by atoms with Gasteiger partial charge >= 0.3 is 6.18 Å². The molecule has 0 fully saturated rings. The molecule has 0 saturated heterocycles. The molecule has 2 rings (SSSR count). The van der Waals surface area contributed by atoms with Gasteiger partial charge in [0.05, 0.1) is 0 Å². The first-order valence-corrected chi connectivity index (χ1v) is 9.19. The lowest BCUT2D eigenvalue weighted by molar-refractivity contribution is -0.144. The van der Waals surface area contributed by atoms with Crippen molar-refractivity contribution in [3.8, 4) is 16.9 Å². The lowest BCUT2D eigenvalue weighted by atomic mass is 9.81. The maximum atomic E-state index is 12.7. The minimum atomic E-state index is -4.60. The number of hydrogen-bond acceptors (Lipinski definition) is 4. The van der Waals surface area contributed by atoms with Crippen LogP contribution in [0.4, 0.5) is 13.2 Å². The topological polar surface area (TPSA) is 58.0 Å². The van der Waals surface area contributed by atoms with Crippen LogP contribution in [0.5, 0.6) is 5.75 Å². The Morgan fingerprint density at radius 3 is 2.00 bits per heavy atom. The fraction of sp³-hybridized carbons (Fsp3) is 0.524. The standard InChI is InChI=1S/C21H28F3N3O/c1-19(2,3)16-10-15(14-11-25-18(26-12-14)21(22,23)24)17(28)9-13(16)7-8-27-20(4,5)6/h9-12,27-28H,7-8H2,1-6H3. The number of phenols is 1. The molecule has 0 radical (unpaired) electrons.